The van der Waals surface area contributed by atoms with Crippen LogP contribution in [0, 0.1) is 12.7 Å². The lowest BCUT2D eigenvalue weighted by Gasteiger charge is -2.42. The van der Waals surface area contributed by atoms with Crippen LogP contribution in [0.5, 0.6) is 0 Å². The Labute approximate surface area is 219 Å². The summed E-state index contributed by atoms with van der Waals surface area (Å²) >= 11 is 0. The molecule has 1 aliphatic heterocycles. The molecule has 1 aromatic carbocycles. The number of nitrogens with two attached hydrogens (primary N) is 1. The maximum atomic E-state index is 13.8. The van der Waals surface area contributed by atoms with E-state index in [4.69, 9.17) is 5.73 Å². The van der Waals surface area contributed by atoms with Crippen LogP contribution in [0.2, 0.25) is 0 Å². The number of piperidine rings is 1. The fourth-order valence-corrected chi connectivity index (χ4v) is 4.97. The number of likely N-dealkylation sites (tertiary alicyclic amines) is 1. The molecule has 0 saturated carbocycles. The summed E-state index contributed by atoms with van der Waals surface area (Å²) in [5.41, 5.74) is 3.52. The Kier molecular flexibility index (Phi) is 6.51. The Morgan fingerprint density at radius 3 is 2.59 bits per heavy atom. The number of amides is 1. The molecule has 1 fully saturated rings. The Hall–Kier alpha value is -4.10. The van der Waals surface area contributed by atoms with Crippen molar-refractivity contribution in [2.24, 2.45) is 0 Å². The number of halogens is 4. The average Bonchev–Trinajstić information content (AvgIpc) is 3.30. The van der Waals surface area contributed by atoms with Gasteiger partial charge in [0.1, 0.15) is 29.4 Å². The molecule has 0 spiro atoms. The van der Waals surface area contributed by atoms with E-state index in [9.17, 15) is 32.6 Å². The smallest absolute Gasteiger partial charge is 0.385 e. The molecule has 0 aliphatic carbocycles. The van der Waals surface area contributed by atoms with Gasteiger partial charge in [0.2, 0.25) is 0 Å². The number of carbonyl (C=O) groups excluding carboxylic acids is 1. The van der Waals surface area contributed by atoms with Crippen molar-refractivity contribution in [1.82, 2.24) is 24.5 Å². The van der Waals surface area contributed by atoms with E-state index in [1.165, 1.54) is 41.4 Å². The number of aliphatic hydroxyl groups excluding tert-OH is 1. The number of pyridine rings is 1. The maximum Gasteiger partial charge on any atom is 0.418 e. The first-order chi connectivity index (χ1) is 18.4. The van der Waals surface area contributed by atoms with Crippen LogP contribution in [-0.2, 0) is 6.18 Å². The summed E-state index contributed by atoms with van der Waals surface area (Å²) in [4.78, 5) is 22.9. The zero-order chi connectivity index (χ0) is 28.1. The summed E-state index contributed by atoms with van der Waals surface area (Å²) in [5.74, 6) is -1.36. The van der Waals surface area contributed by atoms with Crippen LogP contribution in [0.15, 0.2) is 48.9 Å². The Balaban J connectivity index is 1.49. The molecule has 1 saturated heterocycles. The lowest BCUT2D eigenvalue weighted by atomic mass is 9.83. The molecule has 2 atom stereocenters. The quantitative estimate of drug-likeness (QED) is 0.335. The molecule has 4 N–H and O–H groups in total. The van der Waals surface area contributed by atoms with Gasteiger partial charge in [-0.1, -0.05) is 12.1 Å². The molecule has 39 heavy (non-hydrogen) atoms. The largest absolute Gasteiger partial charge is 0.418 e. The third-order valence-corrected chi connectivity index (χ3v) is 6.99. The van der Waals surface area contributed by atoms with Crippen LogP contribution in [-0.4, -0.2) is 59.3 Å². The van der Waals surface area contributed by atoms with Gasteiger partial charge in [0.05, 0.1) is 29.1 Å². The Morgan fingerprint density at radius 1 is 1.18 bits per heavy atom. The third-order valence-electron chi connectivity index (χ3n) is 6.99. The lowest BCUT2D eigenvalue weighted by Crippen LogP contribution is -2.53. The number of fused-ring (bicyclic) bond motifs is 1. The first-order valence-electron chi connectivity index (χ1n) is 12.0. The van der Waals surface area contributed by atoms with E-state index < -0.39 is 40.7 Å². The standard InChI is InChI=1S/C26H24F4N6O3/c1-14-18(24(38)35-8-2-7-25(39,12-35)22(37)15-3-5-17(27)6-4-15)9-16(11-32-14)20-10-19(26(28,29)30)21-23(31)33-13-34-36(20)21/h3-6,9-11,13,22,37,39H,2,7-8,12H2,1H3,(H2,31,33,34). The molecule has 3 aromatic heterocycles. The highest BCUT2D eigenvalue weighted by Crippen LogP contribution is 2.39. The summed E-state index contributed by atoms with van der Waals surface area (Å²) in [6.07, 6.45) is -3.18. The first-order valence-corrected chi connectivity index (χ1v) is 12.0. The van der Waals surface area contributed by atoms with Crippen molar-refractivity contribution in [2.75, 3.05) is 18.8 Å². The predicted molar refractivity (Wildman–Crippen MR) is 132 cm³/mol. The highest BCUT2D eigenvalue weighted by atomic mass is 19.4. The topological polar surface area (TPSA) is 130 Å². The third kappa shape index (κ3) is 4.79. The number of β-amino-alcohol motifs (C(OH)–C–C–N with tert-alkyl or cyclic N) is 1. The van der Waals surface area contributed by atoms with Gasteiger partial charge in [0.25, 0.3) is 5.91 Å². The van der Waals surface area contributed by atoms with Crippen LogP contribution in [0.4, 0.5) is 23.4 Å². The van der Waals surface area contributed by atoms with Gasteiger partial charge in [-0.25, -0.2) is 13.9 Å². The Morgan fingerprint density at radius 2 is 1.90 bits per heavy atom. The summed E-state index contributed by atoms with van der Waals surface area (Å²) in [7, 11) is 0. The van der Waals surface area contributed by atoms with Crippen LogP contribution >= 0.6 is 0 Å². The van der Waals surface area contributed by atoms with Crippen molar-refractivity contribution < 1.29 is 32.6 Å². The molecule has 9 nitrogen and oxygen atoms in total. The minimum atomic E-state index is -4.73. The molecule has 204 valence electrons. The molecule has 1 aliphatic rings. The van der Waals surface area contributed by atoms with Gasteiger partial charge in [-0.05, 0) is 49.6 Å². The average molecular weight is 545 g/mol. The minimum absolute atomic E-state index is 0.00913. The number of nitrogen functional groups attached to an aromatic ring is 1. The van der Waals surface area contributed by atoms with Crippen LogP contribution in [0.1, 0.15) is 46.1 Å². The van der Waals surface area contributed by atoms with E-state index in [-0.39, 0.29) is 42.1 Å². The number of nitrogens with zero attached hydrogens (tertiary/aromatic N) is 5. The summed E-state index contributed by atoms with van der Waals surface area (Å²) in [5, 5.41) is 26.1. The monoisotopic (exact) mass is 544 g/mol. The van der Waals surface area contributed by atoms with Crippen molar-refractivity contribution in [1.29, 1.82) is 0 Å². The highest BCUT2D eigenvalue weighted by Gasteiger charge is 2.42. The normalized spacial score (nSPS) is 18.9. The number of hydrogen-bond donors (Lipinski definition) is 3. The van der Waals surface area contributed by atoms with E-state index in [1.807, 2.05) is 0 Å². The molecule has 2 unspecified atom stereocenters. The van der Waals surface area contributed by atoms with Crippen molar-refractivity contribution in [3.63, 3.8) is 0 Å². The molecule has 0 bridgehead atoms. The van der Waals surface area contributed by atoms with Gasteiger partial charge < -0.3 is 20.8 Å². The Bertz CT molecular complexity index is 1560. The zero-order valence-electron chi connectivity index (χ0n) is 20.7. The number of alkyl halides is 3. The number of hydrogen-bond acceptors (Lipinski definition) is 7. The fraction of sp³-hybridized carbons (Fsp3) is 0.308. The van der Waals surface area contributed by atoms with Gasteiger partial charge in [-0.15, -0.1) is 0 Å². The number of benzene rings is 1. The maximum absolute atomic E-state index is 13.8. The number of aromatic nitrogens is 4. The second-order valence-electron chi connectivity index (χ2n) is 9.59. The SMILES string of the molecule is Cc1ncc(-c2cc(C(F)(F)F)c3c(N)ncnn23)cc1C(=O)N1CCCC(O)(C(O)c2ccc(F)cc2)C1. The van der Waals surface area contributed by atoms with E-state index in [1.54, 1.807) is 6.92 Å². The minimum Gasteiger partial charge on any atom is -0.385 e. The van der Waals surface area contributed by atoms with Crippen molar-refractivity contribution >= 4 is 17.2 Å². The highest BCUT2D eigenvalue weighted by molar-refractivity contribution is 5.96. The number of carbonyl (C=O) groups is 1. The van der Waals surface area contributed by atoms with E-state index in [2.05, 4.69) is 15.1 Å². The second kappa shape index (κ2) is 9.58. The summed E-state index contributed by atoms with van der Waals surface area (Å²) in [6, 6.07) is 7.35. The second-order valence-corrected chi connectivity index (χ2v) is 9.59. The lowest BCUT2D eigenvalue weighted by molar-refractivity contribution is -0.136. The number of aryl methyl sites for hydroxylation is 1. The molecule has 1 amide bonds. The van der Waals surface area contributed by atoms with Crippen molar-refractivity contribution in [2.45, 2.75) is 37.6 Å². The zero-order valence-corrected chi connectivity index (χ0v) is 20.7. The van der Waals surface area contributed by atoms with E-state index in [0.29, 0.717) is 17.7 Å². The molecular formula is C26H24F4N6O3. The summed E-state index contributed by atoms with van der Waals surface area (Å²) in [6.45, 7) is 1.64. The van der Waals surface area contributed by atoms with Gasteiger partial charge >= 0.3 is 6.18 Å². The van der Waals surface area contributed by atoms with E-state index >= 15 is 0 Å². The van der Waals surface area contributed by atoms with Crippen LogP contribution in [0.25, 0.3) is 16.8 Å². The molecule has 13 heteroatoms. The molecular weight excluding hydrogens is 520 g/mol. The van der Waals surface area contributed by atoms with Crippen LogP contribution in [0.3, 0.4) is 0 Å². The predicted octanol–water partition coefficient (Wildman–Crippen LogP) is 3.54. The number of aliphatic hydroxyl groups is 2. The van der Waals surface area contributed by atoms with Gasteiger partial charge in [-0.3, -0.25) is 9.78 Å². The van der Waals surface area contributed by atoms with Gasteiger partial charge in [0, 0.05) is 18.3 Å². The van der Waals surface area contributed by atoms with Crippen LogP contribution < -0.4 is 5.73 Å². The van der Waals surface area contributed by atoms with Gasteiger partial charge in [-0.2, -0.15) is 18.3 Å². The van der Waals surface area contributed by atoms with Gasteiger partial charge in [0.15, 0.2) is 5.82 Å². The molecule has 0 radical (unpaired) electrons. The number of rotatable bonds is 4. The molecule has 5 rings (SSSR count). The number of anilines is 1. The molecule has 4 aromatic rings. The fourth-order valence-electron chi connectivity index (χ4n) is 4.97. The van der Waals surface area contributed by atoms with Crippen molar-refractivity contribution in [3.05, 3.63) is 77.1 Å². The molecule has 4 heterocycles. The summed E-state index contributed by atoms with van der Waals surface area (Å²) < 4.78 is 55.6. The van der Waals surface area contributed by atoms with Crippen molar-refractivity contribution in [3.8, 4) is 11.3 Å². The first kappa shape index (κ1) is 26.5. The van der Waals surface area contributed by atoms with E-state index in [0.717, 1.165) is 16.9 Å².